The minimum atomic E-state index is -4.80. The van der Waals surface area contributed by atoms with E-state index in [9.17, 15) is 22.4 Å². The summed E-state index contributed by atoms with van der Waals surface area (Å²) in [6.07, 6.45) is 0.616. The van der Waals surface area contributed by atoms with Crippen LogP contribution in [-0.2, 0) is 9.53 Å². The molecule has 0 fully saturated rings. The molecular weight excluding hydrogens is 532 g/mol. The van der Waals surface area contributed by atoms with Crippen LogP contribution < -0.4 is 10.1 Å². The number of hydrogen-bond donors (Lipinski definition) is 2. The maximum Gasteiger partial charge on any atom is 0.429 e. The number of pyridine rings is 1. The Morgan fingerprint density at radius 1 is 1.21 bits per heavy atom. The molecule has 0 spiro atoms. The van der Waals surface area contributed by atoms with Crippen molar-refractivity contribution in [2.75, 3.05) is 19.5 Å². The van der Waals surface area contributed by atoms with Crippen LogP contribution in [0.15, 0.2) is 47.7 Å². The van der Waals surface area contributed by atoms with Crippen molar-refractivity contribution in [2.45, 2.75) is 12.6 Å². The van der Waals surface area contributed by atoms with Crippen molar-refractivity contribution in [3.8, 4) is 17.0 Å². The number of alkyl halides is 3. The number of carbonyl (C=O) groups is 1. The number of anilines is 2. The molecule has 0 unspecified atom stereocenters. The molecule has 9 nitrogen and oxygen atoms in total. The summed E-state index contributed by atoms with van der Waals surface area (Å²) in [4.78, 5) is 28.2. The van der Waals surface area contributed by atoms with Gasteiger partial charge >= 0.3 is 12.1 Å². The number of rotatable bonds is 9. The number of nitrogens with zero attached hydrogens (tertiary/aromatic N) is 4. The molecule has 3 rings (SSSR count). The van der Waals surface area contributed by atoms with Crippen LogP contribution in [0.2, 0.25) is 5.02 Å². The van der Waals surface area contributed by atoms with Crippen molar-refractivity contribution >= 4 is 53.0 Å². The second kappa shape index (κ2) is 12.2. The number of ether oxygens (including phenoxy) is 2. The topological polar surface area (TPSA) is 122 Å². The Balaban J connectivity index is 2.04. The highest BCUT2D eigenvalue weighted by molar-refractivity contribution is 6.31. The van der Waals surface area contributed by atoms with Crippen LogP contribution in [0.1, 0.15) is 12.0 Å². The van der Waals surface area contributed by atoms with Crippen molar-refractivity contribution < 1.29 is 31.8 Å². The van der Waals surface area contributed by atoms with Crippen molar-refractivity contribution in [2.24, 2.45) is 4.99 Å². The summed E-state index contributed by atoms with van der Waals surface area (Å²) in [6.45, 7) is 0. The molecule has 0 atom stereocenters. The van der Waals surface area contributed by atoms with E-state index < -0.39 is 30.1 Å². The summed E-state index contributed by atoms with van der Waals surface area (Å²) in [6, 6.07) is 5.40. The lowest BCUT2D eigenvalue weighted by atomic mass is 10.1. The SMILES string of the molecule is COC(=O)/C=C/c1cc(-c2cnc(Nc3ccc(F)c(Cl)c3)nc2N=CCC(=N)C(F)(F)F)cnc1OC. The Hall–Kier alpha value is -4.39. The number of methoxy groups -OCH3 is 2. The lowest BCUT2D eigenvalue weighted by Gasteiger charge is -2.11. The van der Waals surface area contributed by atoms with E-state index in [1.807, 2.05) is 0 Å². The van der Waals surface area contributed by atoms with Crippen molar-refractivity contribution in [1.82, 2.24) is 15.0 Å². The standard InChI is InChI=1S/C24H19ClF4N6O3/c1-37-20(36)6-3-13-9-14(11-32-22(13)38-2)16-12-33-23(34-15-4-5-18(26)17(25)10-15)35-21(16)31-8-7-19(30)24(27,28)29/h3-6,8-12,30H,7H2,1-2H3,(H,33,34,35)/b6-3+,30-19?,31-8?. The number of benzene rings is 1. The van der Waals surface area contributed by atoms with Gasteiger partial charge in [0.25, 0.3) is 0 Å². The van der Waals surface area contributed by atoms with E-state index in [4.69, 9.17) is 21.7 Å². The first-order valence-electron chi connectivity index (χ1n) is 10.6. The fourth-order valence-corrected chi connectivity index (χ4v) is 3.09. The van der Waals surface area contributed by atoms with Gasteiger partial charge in [-0.2, -0.15) is 18.2 Å². The first-order chi connectivity index (χ1) is 18.0. The number of halogens is 5. The average molecular weight is 551 g/mol. The predicted molar refractivity (Wildman–Crippen MR) is 134 cm³/mol. The lowest BCUT2D eigenvalue weighted by Crippen LogP contribution is -2.21. The normalized spacial score (nSPS) is 11.7. The summed E-state index contributed by atoms with van der Waals surface area (Å²) < 4.78 is 61.5. The fourth-order valence-electron chi connectivity index (χ4n) is 2.91. The van der Waals surface area contributed by atoms with E-state index in [0.29, 0.717) is 16.8 Å². The van der Waals surface area contributed by atoms with Crippen molar-refractivity contribution in [1.29, 1.82) is 5.41 Å². The van der Waals surface area contributed by atoms with Gasteiger partial charge in [-0.1, -0.05) is 11.6 Å². The molecule has 1 aromatic carbocycles. The largest absolute Gasteiger partial charge is 0.481 e. The number of nitrogens with one attached hydrogen (secondary N) is 2. The molecule has 0 aliphatic rings. The van der Waals surface area contributed by atoms with Gasteiger partial charge in [-0.3, -0.25) is 0 Å². The van der Waals surface area contributed by atoms with Crippen LogP contribution in [0.25, 0.3) is 17.2 Å². The molecule has 0 aliphatic carbocycles. The number of aromatic nitrogens is 3. The van der Waals surface area contributed by atoms with E-state index in [1.165, 1.54) is 44.8 Å². The Bertz CT molecular complexity index is 1410. The quantitative estimate of drug-likeness (QED) is 0.146. The molecule has 2 N–H and O–H groups in total. The van der Waals surface area contributed by atoms with Gasteiger partial charge in [0, 0.05) is 53.5 Å². The summed E-state index contributed by atoms with van der Waals surface area (Å²) in [5, 5.41) is 9.82. The van der Waals surface area contributed by atoms with Gasteiger partial charge in [-0.25, -0.2) is 24.1 Å². The number of hydrogen-bond acceptors (Lipinski definition) is 9. The molecule has 2 aromatic heterocycles. The van der Waals surface area contributed by atoms with E-state index in [2.05, 4.69) is 30.0 Å². The molecule has 0 amide bonds. The molecule has 0 saturated carbocycles. The zero-order valence-corrected chi connectivity index (χ0v) is 20.6. The molecule has 198 valence electrons. The van der Waals surface area contributed by atoms with Crippen LogP contribution in [0.3, 0.4) is 0 Å². The average Bonchev–Trinajstić information content (AvgIpc) is 2.88. The molecule has 0 aliphatic heterocycles. The molecule has 3 aromatic rings. The zero-order valence-electron chi connectivity index (χ0n) is 19.8. The smallest absolute Gasteiger partial charge is 0.429 e. The number of aliphatic imine (C=N–C) groups is 1. The van der Waals surface area contributed by atoms with Gasteiger partial charge < -0.3 is 20.2 Å². The third kappa shape index (κ3) is 7.32. The van der Waals surface area contributed by atoms with Crippen LogP contribution >= 0.6 is 11.6 Å². The minimum absolute atomic E-state index is 0.0123. The van der Waals surface area contributed by atoms with Crippen molar-refractivity contribution in [3.63, 3.8) is 0 Å². The number of esters is 1. The lowest BCUT2D eigenvalue weighted by molar-refractivity contribution is -0.134. The Labute approximate surface area is 218 Å². The Morgan fingerprint density at radius 2 is 1.97 bits per heavy atom. The Kier molecular flexibility index (Phi) is 9.07. The second-order valence-corrected chi connectivity index (χ2v) is 7.76. The maximum absolute atomic E-state index is 13.5. The van der Waals surface area contributed by atoms with Crippen LogP contribution in [-0.4, -0.2) is 53.2 Å². The minimum Gasteiger partial charge on any atom is -0.481 e. The molecule has 14 heteroatoms. The van der Waals surface area contributed by atoms with Gasteiger partial charge in [0.1, 0.15) is 11.5 Å². The molecule has 0 bridgehead atoms. The van der Waals surface area contributed by atoms with E-state index in [-0.39, 0.29) is 28.2 Å². The van der Waals surface area contributed by atoms with E-state index in [0.717, 1.165) is 18.4 Å². The summed E-state index contributed by atoms with van der Waals surface area (Å²) in [5.74, 6) is -1.13. The number of carbonyl (C=O) groups excluding carboxylic acids is 1. The highest BCUT2D eigenvalue weighted by Crippen LogP contribution is 2.32. The van der Waals surface area contributed by atoms with Gasteiger partial charge in [-0.15, -0.1) is 0 Å². The van der Waals surface area contributed by atoms with E-state index >= 15 is 0 Å². The summed E-state index contributed by atoms with van der Waals surface area (Å²) >= 11 is 5.80. The molecular formula is C24H19ClF4N6O3. The predicted octanol–water partition coefficient (Wildman–Crippen LogP) is 5.94. The van der Waals surface area contributed by atoms with Gasteiger partial charge in [-0.05, 0) is 30.3 Å². The fraction of sp³-hybridized carbons (Fsp3) is 0.167. The van der Waals surface area contributed by atoms with Crippen molar-refractivity contribution in [3.05, 3.63) is 59.1 Å². The van der Waals surface area contributed by atoms with Crippen LogP contribution in [0.4, 0.5) is 35.0 Å². The highest BCUT2D eigenvalue weighted by atomic mass is 35.5. The first-order valence-corrected chi connectivity index (χ1v) is 11.0. The Morgan fingerprint density at radius 3 is 2.63 bits per heavy atom. The van der Waals surface area contributed by atoms with Crippen LogP contribution in [0, 0.1) is 11.2 Å². The third-order valence-corrected chi connectivity index (χ3v) is 5.07. The summed E-state index contributed by atoms with van der Waals surface area (Å²) in [5.41, 5.74) is -0.0980. The van der Waals surface area contributed by atoms with Gasteiger partial charge in [0.05, 0.1) is 19.2 Å². The van der Waals surface area contributed by atoms with E-state index in [1.54, 1.807) is 6.07 Å². The van der Waals surface area contributed by atoms with Gasteiger partial charge in [0.15, 0.2) is 5.82 Å². The zero-order chi connectivity index (χ0) is 27.9. The first kappa shape index (κ1) is 28.2. The summed E-state index contributed by atoms with van der Waals surface area (Å²) in [7, 11) is 2.60. The molecule has 0 radical (unpaired) electrons. The monoisotopic (exact) mass is 550 g/mol. The molecule has 0 saturated heterocycles. The molecule has 2 heterocycles. The maximum atomic E-state index is 13.5. The van der Waals surface area contributed by atoms with Gasteiger partial charge in [0.2, 0.25) is 11.8 Å². The third-order valence-electron chi connectivity index (χ3n) is 4.78. The highest BCUT2D eigenvalue weighted by Gasteiger charge is 2.33. The molecule has 38 heavy (non-hydrogen) atoms. The van der Waals surface area contributed by atoms with Crippen LogP contribution in [0.5, 0.6) is 5.88 Å². The second-order valence-electron chi connectivity index (χ2n) is 7.36.